The van der Waals surface area contributed by atoms with Crippen LogP contribution >= 0.6 is 0 Å². The van der Waals surface area contributed by atoms with E-state index in [2.05, 4.69) is 11.8 Å². The average molecular weight is 364 g/mol. The molecule has 1 saturated carbocycles. The summed E-state index contributed by atoms with van der Waals surface area (Å²) >= 11 is 0. The molecule has 6 heteroatoms. The molecule has 0 aromatic rings. The highest BCUT2D eigenvalue weighted by molar-refractivity contribution is 5.84. The number of rotatable bonds is 5. The Balaban J connectivity index is 1.36. The van der Waals surface area contributed by atoms with Gasteiger partial charge in [-0.3, -0.25) is 14.5 Å². The lowest BCUT2D eigenvalue weighted by atomic mass is 9.80. The van der Waals surface area contributed by atoms with Crippen molar-refractivity contribution in [2.24, 2.45) is 11.3 Å². The number of likely N-dealkylation sites (N-methyl/N-ethyl adjacent to an activating group) is 1. The van der Waals surface area contributed by atoms with E-state index in [9.17, 15) is 9.59 Å². The van der Waals surface area contributed by atoms with Gasteiger partial charge in [-0.05, 0) is 51.5 Å². The van der Waals surface area contributed by atoms with E-state index in [0.717, 1.165) is 71.4 Å². The topological polar surface area (TPSA) is 53.1 Å². The van der Waals surface area contributed by atoms with Crippen LogP contribution in [0.5, 0.6) is 0 Å². The number of methoxy groups -OCH3 is 1. The van der Waals surface area contributed by atoms with Crippen molar-refractivity contribution in [3.8, 4) is 0 Å². The van der Waals surface area contributed by atoms with Gasteiger partial charge in [0.05, 0.1) is 6.04 Å². The molecule has 3 atom stereocenters. The van der Waals surface area contributed by atoms with Gasteiger partial charge in [-0.15, -0.1) is 0 Å². The lowest BCUT2D eigenvalue weighted by Gasteiger charge is -2.34. The van der Waals surface area contributed by atoms with E-state index in [1.807, 2.05) is 9.80 Å². The molecule has 3 heterocycles. The summed E-state index contributed by atoms with van der Waals surface area (Å²) in [6.07, 6.45) is 6.34. The SMILES string of the molecule is CCN1CCC(N2CCC3(CCN(C(=O)C(OC)C4CCC4)C3)C2)C1=O. The maximum atomic E-state index is 12.9. The van der Waals surface area contributed by atoms with Gasteiger partial charge in [-0.25, -0.2) is 0 Å². The second kappa shape index (κ2) is 7.12. The van der Waals surface area contributed by atoms with Crippen molar-refractivity contribution in [1.29, 1.82) is 0 Å². The van der Waals surface area contributed by atoms with Crippen molar-refractivity contribution in [3.63, 3.8) is 0 Å². The number of hydrogen-bond acceptors (Lipinski definition) is 4. The zero-order valence-corrected chi connectivity index (χ0v) is 16.3. The highest BCUT2D eigenvalue weighted by atomic mass is 16.5. The highest BCUT2D eigenvalue weighted by Gasteiger charge is 2.49. The zero-order valence-electron chi connectivity index (χ0n) is 16.3. The molecule has 26 heavy (non-hydrogen) atoms. The molecule has 3 unspecified atom stereocenters. The molecule has 4 fully saturated rings. The van der Waals surface area contributed by atoms with Gasteiger partial charge < -0.3 is 14.5 Å². The Kier molecular flexibility index (Phi) is 4.99. The molecule has 3 saturated heterocycles. The van der Waals surface area contributed by atoms with E-state index >= 15 is 0 Å². The van der Waals surface area contributed by atoms with E-state index in [1.54, 1.807) is 7.11 Å². The molecule has 1 spiro atoms. The first-order valence-electron chi connectivity index (χ1n) is 10.4. The van der Waals surface area contributed by atoms with Crippen molar-refractivity contribution >= 4 is 11.8 Å². The zero-order chi connectivity index (χ0) is 18.3. The summed E-state index contributed by atoms with van der Waals surface area (Å²) in [7, 11) is 1.68. The number of likely N-dealkylation sites (tertiary alicyclic amines) is 3. The van der Waals surface area contributed by atoms with Gasteiger partial charge in [-0.1, -0.05) is 6.42 Å². The third-order valence-electron chi connectivity index (χ3n) is 7.38. The van der Waals surface area contributed by atoms with Gasteiger partial charge in [0, 0.05) is 45.2 Å². The lowest BCUT2D eigenvalue weighted by Crippen LogP contribution is -2.46. The van der Waals surface area contributed by atoms with Crippen LogP contribution in [0.15, 0.2) is 0 Å². The smallest absolute Gasteiger partial charge is 0.251 e. The first kappa shape index (κ1) is 18.2. The Morgan fingerprint density at radius 1 is 1.19 bits per heavy atom. The molecule has 3 aliphatic heterocycles. The van der Waals surface area contributed by atoms with E-state index in [1.165, 1.54) is 6.42 Å². The summed E-state index contributed by atoms with van der Waals surface area (Å²) in [6, 6.07) is 0.0702. The second-order valence-electron chi connectivity index (χ2n) is 8.80. The van der Waals surface area contributed by atoms with E-state index in [4.69, 9.17) is 4.74 Å². The molecule has 2 amide bonds. The molecule has 4 rings (SSSR count). The minimum atomic E-state index is -0.245. The molecule has 0 radical (unpaired) electrons. The van der Waals surface area contributed by atoms with Crippen molar-refractivity contribution in [1.82, 2.24) is 14.7 Å². The van der Waals surface area contributed by atoms with Crippen molar-refractivity contribution in [2.75, 3.05) is 46.4 Å². The van der Waals surface area contributed by atoms with Crippen LogP contribution in [0.3, 0.4) is 0 Å². The average Bonchev–Trinajstić information content (AvgIpc) is 3.30. The van der Waals surface area contributed by atoms with Crippen LogP contribution in [0.1, 0.15) is 45.4 Å². The van der Waals surface area contributed by atoms with Crippen LogP contribution in [0.25, 0.3) is 0 Å². The molecule has 0 aromatic heterocycles. The van der Waals surface area contributed by atoms with Gasteiger partial charge in [0.15, 0.2) is 0 Å². The Bertz CT molecular complexity index is 565. The number of carbonyl (C=O) groups is 2. The molecule has 4 aliphatic rings. The van der Waals surface area contributed by atoms with Gasteiger partial charge >= 0.3 is 0 Å². The molecular weight excluding hydrogens is 330 g/mol. The van der Waals surface area contributed by atoms with Crippen LogP contribution in [0, 0.1) is 11.3 Å². The van der Waals surface area contributed by atoms with Gasteiger partial charge in [-0.2, -0.15) is 0 Å². The van der Waals surface area contributed by atoms with Gasteiger partial charge in [0.25, 0.3) is 5.91 Å². The molecule has 6 nitrogen and oxygen atoms in total. The maximum absolute atomic E-state index is 12.9. The number of hydrogen-bond donors (Lipinski definition) is 0. The molecule has 0 bridgehead atoms. The summed E-state index contributed by atoms with van der Waals surface area (Å²) in [5.41, 5.74) is 0.188. The minimum Gasteiger partial charge on any atom is -0.371 e. The number of carbonyl (C=O) groups excluding carboxylic acids is 2. The number of ether oxygens (including phenoxy) is 1. The third-order valence-corrected chi connectivity index (χ3v) is 7.38. The van der Waals surface area contributed by atoms with E-state index < -0.39 is 0 Å². The Morgan fingerprint density at radius 2 is 1.96 bits per heavy atom. The fourth-order valence-electron chi connectivity index (χ4n) is 5.48. The van der Waals surface area contributed by atoms with Crippen LogP contribution in [0.4, 0.5) is 0 Å². The van der Waals surface area contributed by atoms with Crippen molar-refractivity contribution in [3.05, 3.63) is 0 Å². The molecular formula is C20H33N3O3. The molecule has 0 N–H and O–H groups in total. The van der Waals surface area contributed by atoms with Crippen LogP contribution in [-0.4, -0.2) is 85.0 Å². The van der Waals surface area contributed by atoms with E-state index in [0.29, 0.717) is 11.8 Å². The Morgan fingerprint density at radius 3 is 2.58 bits per heavy atom. The van der Waals surface area contributed by atoms with Crippen LogP contribution in [-0.2, 0) is 14.3 Å². The van der Waals surface area contributed by atoms with Crippen LogP contribution < -0.4 is 0 Å². The standard InChI is InChI=1S/C20H33N3O3/c1-3-21-10-7-16(18(21)24)22-11-8-20(13-22)9-12-23(14-20)19(25)17(26-2)15-5-4-6-15/h15-17H,3-14H2,1-2H3. The van der Waals surface area contributed by atoms with Gasteiger partial charge in [0.2, 0.25) is 5.91 Å². The summed E-state index contributed by atoms with van der Waals surface area (Å²) in [4.78, 5) is 31.9. The number of amides is 2. The third kappa shape index (κ3) is 3.05. The largest absolute Gasteiger partial charge is 0.371 e. The predicted molar refractivity (Wildman–Crippen MR) is 98.6 cm³/mol. The fourth-order valence-corrected chi connectivity index (χ4v) is 5.48. The normalized spacial score (nSPS) is 34.1. The van der Waals surface area contributed by atoms with Crippen molar-refractivity contribution < 1.29 is 14.3 Å². The van der Waals surface area contributed by atoms with Gasteiger partial charge in [0.1, 0.15) is 6.10 Å². The minimum absolute atomic E-state index is 0.0702. The Labute approximate surface area is 156 Å². The van der Waals surface area contributed by atoms with Crippen molar-refractivity contribution in [2.45, 2.75) is 57.6 Å². The van der Waals surface area contributed by atoms with E-state index in [-0.39, 0.29) is 23.5 Å². The fraction of sp³-hybridized carbons (Fsp3) is 0.900. The second-order valence-corrected chi connectivity index (χ2v) is 8.80. The summed E-state index contributed by atoms with van der Waals surface area (Å²) < 4.78 is 5.57. The lowest BCUT2D eigenvalue weighted by molar-refractivity contribution is -0.146. The summed E-state index contributed by atoms with van der Waals surface area (Å²) in [5.74, 6) is 0.918. The molecule has 1 aliphatic carbocycles. The summed E-state index contributed by atoms with van der Waals surface area (Å²) in [6.45, 7) is 7.41. The molecule has 146 valence electrons. The van der Waals surface area contributed by atoms with Crippen LogP contribution in [0.2, 0.25) is 0 Å². The first-order chi connectivity index (χ1) is 12.6. The predicted octanol–water partition coefficient (Wildman–Crippen LogP) is 1.35. The first-order valence-corrected chi connectivity index (χ1v) is 10.4. The quantitative estimate of drug-likeness (QED) is 0.740. The molecule has 0 aromatic carbocycles. The Hall–Kier alpha value is -1.14. The highest BCUT2D eigenvalue weighted by Crippen LogP contribution is 2.42. The summed E-state index contributed by atoms with van der Waals surface area (Å²) in [5, 5.41) is 0. The number of nitrogens with zero attached hydrogens (tertiary/aromatic N) is 3. The maximum Gasteiger partial charge on any atom is 0.251 e. The monoisotopic (exact) mass is 363 g/mol.